The number of imidazole rings is 1. The molecule has 0 aliphatic carbocycles. The molecule has 0 spiro atoms. The molecule has 3 rings (SSSR count). The second-order valence-electron chi connectivity index (χ2n) is 4.35. The number of nitrogens with one attached hydrogen (secondary N) is 1. The Kier molecular flexibility index (Phi) is 3.23. The van der Waals surface area contributed by atoms with Gasteiger partial charge in [-0.25, -0.2) is 4.98 Å². The average molecular weight is 323 g/mol. The van der Waals surface area contributed by atoms with E-state index >= 15 is 0 Å². The number of nitrogens with two attached hydrogens (primary N) is 1. The zero-order chi connectivity index (χ0) is 15.0. The first kappa shape index (κ1) is 13.7. The zero-order valence-corrected chi connectivity index (χ0v) is 12.3. The molecule has 0 fully saturated rings. The normalized spacial score (nSPS) is 11.7. The second-order valence-corrected chi connectivity index (χ2v) is 6.38. The molecule has 2 heterocycles. The fourth-order valence-corrected chi connectivity index (χ4v) is 3.47. The minimum atomic E-state index is -3.88. The van der Waals surface area contributed by atoms with Crippen LogP contribution in [-0.2, 0) is 10.0 Å². The zero-order valence-electron chi connectivity index (χ0n) is 10.7. The first-order valence-electron chi connectivity index (χ1n) is 5.98. The topological polar surface area (TPSA) is 89.5 Å². The van der Waals surface area contributed by atoms with Gasteiger partial charge in [-0.1, -0.05) is 23.7 Å². The summed E-state index contributed by atoms with van der Waals surface area (Å²) in [6, 6.07) is 11.5. The van der Waals surface area contributed by atoms with E-state index in [0.29, 0.717) is 16.4 Å². The van der Waals surface area contributed by atoms with Crippen LogP contribution in [0.4, 0.5) is 11.5 Å². The number of fused-ring (bicyclic) bond motifs is 1. The molecule has 0 unspecified atom stereocenters. The van der Waals surface area contributed by atoms with Gasteiger partial charge in [0.1, 0.15) is 5.65 Å². The predicted octanol–water partition coefficient (Wildman–Crippen LogP) is 2.37. The van der Waals surface area contributed by atoms with Gasteiger partial charge in [0.05, 0.1) is 5.69 Å². The summed E-state index contributed by atoms with van der Waals surface area (Å²) >= 11 is 5.85. The summed E-state index contributed by atoms with van der Waals surface area (Å²) in [6.45, 7) is 0. The van der Waals surface area contributed by atoms with Gasteiger partial charge in [0, 0.05) is 11.2 Å². The molecular formula is C13H11ClN4O2S. The van der Waals surface area contributed by atoms with Crippen LogP contribution in [0.3, 0.4) is 0 Å². The Morgan fingerprint density at radius 2 is 2.00 bits per heavy atom. The Bertz CT molecular complexity index is 921. The number of hydrogen-bond acceptors (Lipinski definition) is 4. The summed E-state index contributed by atoms with van der Waals surface area (Å²) in [6.07, 6.45) is 1.59. The molecule has 8 heteroatoms. The van der Waals surface area contributed by atoms with Gasteiger partial charge in [0.2, 0.25) is 5.03 Å². The molecule has 0 atom stereocenters. The summed E-state index contributed by atoms with van der Waals surface area (Å²) in [4.78, 5) is 4.03. The molecule has 0 saturated heterocycles. The van der Waals surface area contributed by atoms with Crippen molar-refractivity contribution in [2.24, 2.45) is 0 Å². The molecule has 2 aromatic heterocycles. The maximum Gasteiger partial charge on any atom is 0.281 e. The Morgan fingerprint density at radius 3 is 2.76 bits per heavy atom. The van der Waals surface area contributed by atoms with Gasteiger partial charge in [-0.2, -0.15) is 8.42 Å². The average Bonchev–Trinajstić information content (AvgIpc) is 2.74. The van der Waals surface area contributed by atoms with Gasteiger partial charge in [-0.15, -0.1) is 0 Å². The maximum atomic E-state index is 12.5. The van der Waals surface area contributed by atoms with Crippen LogP contribution in [0, 0.1) is 0 Å². The van der Waals surface area contributed by atoms with E-state index in [4.69, 9.17) is 17.3 Å². The molecule has 6 nitrogen and oxygen atoms in total. The van der Waals surface area contributed by atoms with Gasteiger partial charge in [0.15, 0.2) is 5.82 Å². The van der Waals surface area contributed by atoms with Crippen LogP contribution in [0.1, 0.15) is 0 Å². The number of hydrogen-bond donors (Lipinski definition) is 2. The minimum absolute atomic E-state index is 0.0595. The van der Waals surface area contributed by atoms with E-state index in [1.807, 2.05) is 0 Å². The number of pyridine rings is 1. The summed E-state index contributed by atoms with van der Waals surface area (Å²) in [5, 5.41) is 0.333. The molecule has 0 amide bonds. The fourth-order valence-electron chi connectivity index (χ4n) is 2.01. The van der Waals surface area contributed by atoms with Crippen molar-refractivity contribution in [3.05, 3.63) is 53.7 Å². The second kappa shape index (κ2) is 4.94. The van der Waals surface area contributed by atoms with Gasteiger partial charge >= 0.3 is 0 Å². The Balaban J connectivity index is 2.10. The molecule has 3 N–H and O–H groups in total. The van der Waals surface area contributed by atoms with Crippen molar-refractivity contribution < 1.29 is 8.42 Å². The standard InChI is InChI=1S/C13H11ClN4O2S/c14-9-4-3-5-10(8-9)17-21(19,20)13-12(15)16-11-6-1-2-7-18(11)13/h1-8,17H,15H2. The molecule has 0 bridgehead atoms. The summed E-state index contributed by atoms with van der Waals surface area (Å²) < 4.78 is 28.9. The van der Waals surface area contributed by atoms with Gasteiger partial charge < -0.3 is 5.73 Å². The summed E-state index contributed by atoms with van der Waals surface area (Å²) in [5.74, 6) is -0.0595. The number of halogens is 1. The first-order valence-corrected chi connectivity index (χ1v) is 7.84. The van der Waals surface area contributed by atoms with Crippen molar-refractivity contribution in [1.29, 1.82) is 0 Å². The van der Waals surface area contributed by atoms with E-state index in [1.165, 1.54) is 10.5 Å². The molecule has 3 aromatic rings. The van der Waals surface area contributed by atoms with Gasteiger partial charge in [0.25, 0.3) is 10.0 Å². The van der Waals surface area contributed by atoms with Crippen LogP contribution in [0.25, 0.3) is 5.65 Å². The van der Waals surface area contributed by atoms with E-state index in [2.05, 4.69) is 9.71 Å². The van der Waals surface area contributed by atoms with Crippen LogP contribution >= 0.6 is 11.6 Å². The lowest BCUT2D eigenvalue weighted by atomic mass is 10.3. The number of rotatable bonds is 3. The SMILES string of the molecule is Nc1nc2ccccn2c1S(=O)(=O)Nc1cccc(Cl)c1. The van der Waals surface area contributed by atoms with Crippen LogP contribution in [0.15, 0.2) is 53.7 Å². The minimum Gasteiger partial charge on any atom is -0.381 e. The number of sulfonamides is 1. The van der Waals surface area contributed by atoms with Gasteiger partial charge in [-0.05, 0) is 30.3 Å². The van der Waals surface area contributed by atoms with E-state index in [0.717, 1.165) is 0 Å². The third kappa shape index (κ3) is 2.53. The van der Waals surface area contributed by atoms with E-state index in [-0.39, 0.29) is 10.8 Å². The molecule has 0 radical (unpaired) electrons. The number of nitrogen functional groups attached to an aromatic ring is 1. The lowest BCUT2D eigenvalue weighted by Crippen LogP contribution is -2.16. The van der Waals surface area contributed by atoms with Crippen LogP contribution in [0.5, 0.6) is 0 Å². The van der Waals surface area contributed by atoms with Crippen molar-refractivity contribution in [2.75, 3.05) is 10.5 Å². The molecule has 21 heavy (non-hydrogen) atoms. The van der Waals surface area contributed by atoms with Crippen LogP contribution in [0.2, 0.25) is 5.02 Å². The monoisotopic (exact) mass is 322 g/mol. The van der Waals surface area contributed by atoms with Crippen molar-refractivity contribution in [3.8, 4) is 0 Å². The van der Waals surface area contributed by atoms with Crippen LogP contribution < -0.4 is 10.5 Å². The quantitative estimate of drug-likeness (QED) is 0.774. The third-order valence-electron chi connectivity index (χ3n) is 2.84. The summed E-state index contributed by atoms with van der Waals surface area (Å²) in [5.41, 5.74) is 6.56. The molecule has 0 saturated carbocycles. The highest BCUT2D eigenvalue weighted by Gasteiger charge is 2.23. The highest BCUT2D eigenvalue weighted by Crippen LogP contribution is 2.24. The van der Waals surface area contributed by atoms with Crippen LogP contribution in [-0.4, -0.2) is 17.8 Å². The highest BCUT2D eigenvalue weighted by molar-refractivity contribution is 7.92. The predicted molar refractivity (Wildman–Crippen MR) is 81.9 cm³/mol. The molecule has 0 aliphatic heterocycles. The van der Waals surface area contributed by atoms with Crippen molar-refractivity contribution >= 4 is 38.8 Å². The van der Waals surface area contributed by atoms with Crippen molar-refractivity contribution in [2.45, 2.75) is 5.03 Å². The largest absolute Gasteiger partial charge is 0.381 e. The van der Waals surface area contributed by atoms with E-state index in [1.54, 1.807) is 42.6 Å². The Morgan fingerprint density at radius 1 is 1.19 bits per heavy atom. The lowest BCUT2D eigenvalue weighted by molar-refractivity contribution is 0.597. The Hall–Kier alpha value is -2.25. The van der Waals surface area contributed by atoms with Gasteiger partial charge in [-0.3, -0.25) is 9.12 Å². The molecule has 1 aromatic carbocycles. The van der Waals surface area contributed by atoms with Crippen molar-refractivity contribution in [3.63, 3.8) is 0 Å². The smallest absolute Gasteiger partial charge is 0.281 e. The van der Waals surface area contributed by atoms with Crippen molar-refractivity contribution in [1.82, 2.24) is 9.38 Å². The molecule has 108 valence electrons. The number of anilines is 2. The van der Waals surface area contributed by atoms with E-state index < -0.39 is 10.0 Å². The highest BCUT2D eigenvalue weighted by atomic mass is 35.5. The number of nitrogens with zero attached hydrogens (tertiary/aromatic N) is 2. The fraction of sp³-hybridized carbons (Fsp3) is 0. The number of benzene rings is 1. The third-order valence-corrected chi connectivity index (χ3v) is 4.50. The summed E-state index contributed by atoms with van der Waals surface area (Å²) in [7, 11) is -3.88. The Labute approximate surface area is 126 Å². The lowest BCUT2D eigenvalue weighted by Gasteiger charge is -2.08. The molecule has 0 aliphatic rings. The van der Waals surface area contributed by atoms with E-state index in [9.17, 15) is 8.42 Å². The maximum absolute atomic E-state index is 12.5. The first-order chi connectivity index (χ1) is 9.97. The molecular weight excluding hydrogens is 312 g/mol. The number of aromatic nitrogens is 2.